The molecule has 0 bridgehead atoms. The van der Waals surface area contributed by atoms with Crippen LogP contribution in [0.4, 0.5) is 0 Å². The Morgan fingerprint density at radius 3 is 1.15 bits per heavy atom. The largest absolute Gasteiger partial charge is 0.385 e. The molecule has 0 fully saturated rings. The maximum atomic E-state index is 11.2. The molecule has 216 valence electrons. The Hall–Kier alpha value is -3.04. The third-order valence-corrected chi connectivity index (χ3v) is 5.58. The Kier molecular flexibility index (Phi) is 20.1. The fraction of sp³-hybridized carbons (Fsp3) is 0.484. The van der Waals surface area contributed by atoms with Crippen LogP contribution in [-0.4, -0.2) is 78.0 Å². The van der Waals surface area contributed by atoms with Crippen molar-refractivity contribution in [1.29, 1.82) is 0 Å². The molecular formula is C31H44O8. The van der Waals surface area contributed by atoms with Crippen LogP contribution in [-0.2, 0) is 28.5 Å². The minimum absolute atomic E-state index is 0.00398. The van der Waals surface area contributed by atoms with Crippen molar-refractivity contribution in [3.8, 4) is 0 Å². The molecular weight excluding hydrogens is 500 g/mol. The molecule has 0 atom stereocenters. The number of carbonyl (C=O) groups excluding carboxylic acids is 4. The lowest BCUT2D eigenvalue weighted by Crippen LogP contribution is -2.34. The zero-order valence-corrected chi connectivity index (χ0v) is 24.2. The zero-order chi connectivity index (χ0) is 29.5. The van der Waals surface area contributed by atoms with Gasteiger partial charge in [-0.05, 0) is 26.7 Å². The average Bonchev–Trinajstić information content (AvgIpc) is 2.92. The molecule has 39 heavy (non-hydrogen) atoms. The van der Waals surface area contributed by atoms with Crippen molar-refractivity contribution in [2.45, 2.75) is 39.5 Å². The number of hydrogen-bond donors (Lipinski definition) is 0. The summed E-state index contributed by atoms with van der Waals surface area (Å²) in [5.41, 5.74) is 1.22. The van der Waals surface area contributed by atoms with Crippen LogP contribution in [0.1, 0.15) is 60.2 Å². The monoisotopic (exact) mass is 544 g/mol. The van der Waals surface area contributed by atoms with E-state index in [0.717, 1.165) is 26.1 Å². The van der Waals surface area contributed by atoms with Crippen LogP contribution in [0, 0.1) is 5.41 Å². The van der Waals surface area contributed by atoms with E-state index in [9.17, 15) is 19.2 Å². The number of ketones is 4. The molecule has 8 heteroatoms. The SMILES string of the molecule is CC(=O)CC(=O)c1ccccc1.CC(=O)CC(=O)c1ccccc1.COCCC(CCOC)(COC)COC. The molecule has 0 radical (unpaired) electrons. The fourth-order valence-corrected chi connectivity index (χ4v) is 3.61. The van der Waals surface area contributed by atoms with Gasteiger partial charge in [0.05, 0.1) is 26.1 Å². The molecule has 0 saturated heterocycles. The number of hydrogen-bond acceptors (Lipinski definition) is 8. The summed E-state index contributed by atoms with van der Waals surface area (Å²) in [5.74, 6) is -0.404. The van der Waals surface area contributed by atoms with Gasteiger partial charge in [-0.1, -0.05) is 60.7 Å². The Labute approximate surface area is 233 Å². The smallest absolute Gasteiger partial charge is 0.170 e. The Morgan fingerprint density at radius 2 is 0.897 bits per heavy atom. The van der Waals surface area contributed by atoms with Crippen LogP contribution in [0.25, 0.3) is 0 Å². The van der Waals surface area contributed by atoms with E-state index < -0.39 is 0 Å². The van der Waals surface area contributed by atoms with E-state index in [-0.39, 0.29) is 41.4 Å². The van der Waals surface area contributed by atoms with Crippen molar-refractivity contribution in [3.05, 3.63) is 71.8 Å². The van der Waals surface area contributed by atoms with E-state index in [4.69, 9.17) is 18.9 Å². The standard InChI is InChI=1S/C11H24O4.2C10H10O2/c1-12-7-5-11(9-14-3,10-15-4)6-8-13-2;2*1-8(11)7-10(12)9-5-3-2-4-6-9/h5-10H2,1-4H3;2*2-6H,7H2,1H3. The molecule has 0 aliphatic rings. The first-order chi connectivity index (χ1) is 18.6. The molecule has 0 amide bonds. The van der Waals surface area contributed by atoms with Crippen LogP contribution in [0.5, 0.6) is 0 Å². The highest BCUT2D eigenvalue weighted by molar-refractivity contribution is 6.07. The van der Waals surface area contributed by atoms with Gasteiger partial charge in [-0.2, -0.15) is 0 Å². The summed E-state index contributed by atoms with van der Waals surface area (Å²) in [4.78, 5) is 43.7. The van der Waals surface area contributed by atoms with E-state index in [1.54, 1.807) is 77.0 Å². The lowest BCUT2D eigenvalue weighted by molar-refractivity contribution is -0.117. The van der Waals surface area contributed by atoms with Crippen LogP contribution in [0.15, 0.2) is 60.7 Å². The second-order valence-electron chi connectivity index (χ2n) is 9.19. The number of Topliss-reactive ketones (excluding diaryl/α,β-unsaturated/α-hetero) is 4. The first-order valence-corrected chi connectivity index (χ1v) is 12.8. The number of methoxy groups -OCH3 is 4. The van der Waals surface area contributed by atoms with Gasteiger partial charge < -0.3 is 18.9 Å². The number of benzene rings is 2. The second-order valence-corrected chi connectivity index (χ2v) is 9.19. The summed E-state index contributed by atoms with van der Waals surface area (Å²) >= 11 is 0. The lowest BCUT2D eigenvalue weighted by atomic mass is 9.83. The van der Waals surface area contributed by atoms with Crippen LogP contribution >= 0.6 is 0 Å². The van der Waals surface area contributed by atoms with Gasteiger partial charge in [0.25, 0.3) is 0 Å². The van der Waals surface area contributed by atoms with Gasteiger partial charge in [-0.3, -0.25) is 19.2 Å². The van der Waals surface area contributed by atoms with Crippen molar-refractivity contribution in [1.82, 2.24) is 0 Å². The van der Waals surface area contributed by atoms with Gasteiger partial charge in [0.15, 0.2) is 11.6 Å². The van der Waals surface area contributed by atoms with Crippen molar-refractivity contribution in [2.75, 3.05) is 54.9 Å². The molecule has 0 heterocycles. The molecule has 0 aliphatic heterocycles. The highest BCUT2D eigenvalue weighted by Crippen LogP contribution is 2.27. The third-order valence-electron chi connectivity index (χ3n) is 5.58. The predicted molar refractivity (Wildman–Crippen MR) is 151 cm³/mol. The summed E-state index contributed by atoms with van der Waals surface area (Å²) in [6, 6.07) is 17.7. The topological polar surface area (TPSA) is 105 Å². The summed E-state index contributed by atoms with van der Waals surface area (Å²) in [6.07, 6.45) is 1.86. The van der Waals surface area contributed by atoms with Crippen molar-refractivity contribution in [3.63, 3.8) is 0 Å². The minimum atomic E-state index is -0.108. The molecule has 2 rings (SSSR count). The van der Waals surface area contributed by atoms with Gasteiger partial charge in [0.2, 0.25) is 0 Å². The van der Waals surface area contributed by atoms with E-state index in [0.29, 0.717) is 24.3 Å². The van der Waals surface area contributed by atoms with E-state index in [1.807, 2.05) is 12.1 Å². The minimum Gasteiger partial charge on any atom is -0.385 e. The highest BCUT2D eigenvalue weighted by atomic mass is 16.5. The quantitative estimate of drug-likeness (QED) is 0.214. The summed E-state index contributed by atoms with van der Waals surface area (Å²) in [7, 11) is 6.84. The molecule has 2 aromatic carbocycles. The van der Waals surface area contributed by atoms with Gasteiger partial charge in [0, 0.05) is 58.2 Å². The summed E-state index contributed by atoms with van der Waals surface area (Å²) in [5, 5.41) is 0. The molecule has 0 unspecified atom stereocenters. The van der Waals surface area contributed by atoms with E-state index in [2.05, 4.69) is 0 Å². The average molecular weight is 545 g/mol. The zero-order valence-electron chi connectivity index (χ0n) is 24.2. The maximum absolute atomic E-state index is 11.2. The van der Waals surface area contributed by atoms with Crippen molar-refractivity contribution in [2.24, 2.45) is 5.41 Å². The van der Waals surface area contributed by atoms with E-state index in [1.165, 1.54) is 13.8 Å². The lowest BCUT2D eigenvalue weighted by Gasteiger charge is -2.32. The first kappa shape index (κ1) is 36.0. The molecule has 0 aliphatic carbocycles. The highest BCUT2D eigenvalue weighted by Gasteiger charge is 2.29. The second kappa shape index (κ2) is 21.8. The van der Waals surface area contributed by atoms with E-state index >= 15 is 0 Å². The van der Waals surface area contributed by atoms with Crippen molar-refractivity contribution < 1.29 is 38.1 Å². The molecule has 0 N–H and O–H groups in total. The van der Waals surface area contributed by atoms with Crippen molar-refractivity contribution >= 4 is 23.1 Å². The van der Waals surface area contributed by atoms with Crippen LogP contribution in [0.3, 0.4) is 0 Å². The number of carbonyl (C=O) groups is 4. The third kappa shape index (κ3) is 17.2. The fourth-order valence-electron chi connectivity index (χ4n) is 3.61. The maximum Gasteiger partial charge on any atom is 0.170 e. The molecule has 0 aromatic heterocycles. The summed E-state index contributed by atoms with van der Waals surface area (Å²) < 4.78 is 20.8. The van der Waals surface area contributed by atoms with Gasteiger partial charge >= 0.3 is 0 Å². The molecule has 0 saturated carbocycles. The van der Waals surface area contributed by atoms with Crippen LogP contribution < -0.4 is 0 Å². The van der Waals surface area contributed by atoms with Gasteiger partial charge in [-0.15, -0.1) is 0 Å². The summed E-state index contributed by atoms with van der Waals surface area (Å²) in [6.45, 7) is 5.62. The van der Waals surface area contributed by atoms with Gasteiger partial charge in [-0.25, -0.2) is 0 Å². The molecule has 8 nitrogen and oxygen atoms in total. The Bertz CT molecular complexity index is 878. The first-order valence-electron chi connectivity index (χ1n) is 12.8. The number of rotatable bonds is 16. The van der Waals surface area contributed by atoms with Gasteiger partial charge in [0.1, 0.15) is 11.6 Å². The Morgan fingerprint density at radius 1 is 0.564 bits per heavy atom. The molecule has 0 spiro atoms. The normalized spacial score (nSPS) is 10.4. The Balaban J connectivity index is 0.000000559. The number of ether oxygens (including phenoxy) is 4. The van der Waals surface area contributed by atoms with Crippen LogP contribution in [0.2, 0.25) is 0 Å². The predicted octanol–water partition coefficient (Wildman–Crippen LogP) is 5.04. The molecule has 2 aromatic rings.